The summed E-state index contributed by atoms with van der Waals surface area (Å²) in [5.74, 6) is 0.156. The van der Waals surface area contributed by atoms with Crippen molar-refractivity contribution < 1.29 is 14.3 Å². The van der Waals surface area contributed by atoms with Crippen LogP contribution in [0.5, 0.6) is 0 Å². The average molecular weight is 288 g/mol. The minimum atomic E-state index is -0.581. The fourth-order valence-electron chi connectivity index (χ4n) is 1.36. The maximum absolute atomic E-state index is 11.5. The van der Waals surface area contributed by atoms with Crippen molar-refractivity contribution in [3.63, 3.8) is 0 Å². The van der Waals surface area contributed by atoms with Crippen molar-refractivity contribution in [2.24, 2.45) is 0 Å². The van der Waals surface area contributed by atoms with Crippen molar-refractivity contribution in [3.8, 4) is 0 Å². The van der Waals surface area contributed by atoms with E-state index in [0.717, 1.165) is 5.75 Å². The molecule has 0 spiro atoms. The van der Waals surface area contributed by atoms with Crippen molar-refractivity contribution in [1.82, 2.24) is 4.98 Å². The van der Waals surface area contributed by atoms with Gasteiger partial charge in [-0.1, -0.05) is 11.3 Å². The molecule has 0 amide bonds. The highest BCUT2D eigenvalue weighted by Gasteiger charge is 2.22. The van der Waals surface area contributed by atoms with E-state index in [2.05, 4.69) is 15.0 Å². The lowest BCUT2D eigenvalue weighted by Gasteiger charge is -2.10. The Hall–Kier alpha value is -1.08. The number of carbonyl (C=O) groups is 2. The number of thioether (sulfide) groups is 1. The summed E-state index contributed by atoms with van der Waals surface area (Å²) in [4.78, 5) is 27.4. The number of carbonyl (C=O) groups excluding carboxylic acids is 2. The number of thiazole rings is 1. The van der Waals surface area contributed by atoms with Crippen LogP contribution in [0.2, 0.25) is 0 Å². The number of Topliss-reactive ketones (excluding diaryl/α,β-unsaturated/α-hetero) is 1. The summed E-state index contributed by atoms with van der Waals surface area (Å²) >= 11 is 2.90. The minimum Gasteiger partial charge on any atom is -0.464 e. The summed E-state index contributed by atoms with van der Waals surface area (Å²) in [6.45, 7) is 3.43. The quantitative estimate of drug-likeness (QED) is 0.640. The maximum atomic E-state index is 11.5. The molecule has 1 aromatic heterocycles. The van der Waals surface area contributed by atoms with Crippen molar-refractivity contribution in [2.75, 3.05) is 24.4 Å². The molecule has 18 heavy (non-hydrogen) atoms. The molecule has 7 heteroatoms. The van der Waals surface area contributed by atoms with Crippen molar-refractivity contribution in [3.05, 3.63) is 10.6 Å². The van der Waals surface area contributed by atoms with E-state index >= 15 is 0 Å². The number of ether oxygens (including phenoxy) is 1. The number of hydrogen-bond acceptors (Lipinski definition) is 7. The summed E-state index contributed by atoms with van der Waals surface area (Å²) in [6, 6.07) is 0.219. The van der Waals surface area contributed by atoms with Gasteiger partial charge in [-0.15, -0.1) is 0 Å². The van der Waals surface area contributed by atoms with Crippen LogP contribution in [0.4, 0.5) is 5.13 Å². The number of ketones is 1. The molecule has 1 aromatic rings. The molecule has 0 aromatic carbocycles. The predicted molar refractivity (Wildman–Crippen MR) is 74.9 cm³/mol. The van der Waals surface area contributed by atoms with Gasteiger partial charge in [0.2, 0.25) is 0 Å². The van der Waals surface area contributed by atoms with E-state index in [1.807, 2.05) is 13.2 Å². The fraction of sp³-hybridized carbons (Fsp3) is 0.545. The zero-order valence-electron chi connectivity index (χ0n) is 10.8. The lowest BCUT2D eigenvalue weighted by molar-refractivity contribution is 0.0591. The number of methoxy groups -OCH3 is 1. The van der Waals surface area contributed by atoms with Gasteiger partial charge in [-0.25, -0.2) is 9.78 Å². The molecule has 0 saturated heterocycles. The van der Waals surface area contributed by atoms with Crippen LogP contribution in [0.1, 0.15) is 34.0 Å². The highest BCUT2D eigenvalue weighted by atomic mass is 32.2. The van der Waals surface area contributed by atoms with E-state index in [-0.39, 0.29) is 17.5 Å². The first-order chi connectivity index (χ1) is 8.49. The second kappa shape index (κ2) is 6.75. The van der Waals surface area contributed by atoms with Crippen LogP contribution in [0.15, 0.2) is 0 Å². The van der Waals surface area contributed by atoms with Gasteiger partial charge in [-0.3, -0.25) is 4.79 Å². The Morgan fingerprint density at radius 3 is 2.72 bits per heavy atom. The van der Waals surface area contributed by atoms with E-state index in [0.29, 0.717) is 10.0 Å². The van der Waals surface area contributed by atoms with Gasteiger partial charge < -0.3 is 10.1 Å². The van der Waals surface area contributed by atoms with Crippen LogP contribution in [-0.2, 0) is 4.74 Å². The molecular weight excluding hydrogens is 272 g/mol. The second-order valence-electron chi connectivity index (χ2n) is 3.75. The van der Waals surface area contributed by atoms with Crippen LogP contribution >= 0.6 is 23.1 Å². The van der Waals surface area contributed by atoms with E-state index in [1.54, 1.807) is 11.8 Å². The number of anilines is 1. The fourth-order valence-corrected chi connectivity index (χ4v) is 2.90. The van der Waals surface area contributed by atoms with Gasteiger partial charge in [0, 0.05) is 18.7 Å². The zero-order valence-corrected chi connectivity index (χ0v) is 12.4. The summed E-state index contributed by atoms with van der Waals surface area (Å²) < 4.78 is 4.61. The molecule has 0 bridgehead atoms. The number of hydrogen-bond donors (Lipinski definition) is 1. The van der Waals surface area contributed by atoms with Gasteiger partial charge in [0.1, 0.15) is 4.88 Å². The Balaban J connectivity index is 2.95. The van der Waals surface area contributed by atoms with Crippen molar-refractivity contribution in [1.29, 1.82) is 0 Å². The number of nitrogens with one attached hydrogen (secondary N) is 1. The highest BCUT2D eigenvalue weighted by molar-refractivity contribution is 7.98. The van der Waals surface area contributed by atoms with Crippen molar-refractivity contribution in [2.45, 2.75) is 19.9 Å². The van der Waals surface area contributed by atoms with Crippen LogP contribution in [-0.4, -0.2) is 41.9 Å². The first-order valence-electron chi connectivity index (χ1n) is 5.35. The minimum absolute atomic E-state index is 0.0915. The summed E-state index contributed by atoms with van der Waals surface area (Å²) in [6.07, 6.45) is 2.01. The third-order valence-electron chi connectivity index (χ3n) is 2.11. The first kappa shape index (κ1) is 15.0. The molecule has 1 atom stereocenters. The number of nitrogens with zero attached hydrogens (tertiary/aromatic N) is 1. The number of rotatable bonds is 6. The van der Waals surface area contributed by atoms with Crippen molar-refractivity contribution >= 4 is 40.0 Å². The van der Waals surface area contributed by atoms with E-state index < -0.39 is 5.97 Å². The molecule has 0 saturated carbocycles. The monoisotopic (exact) mass is 288 g/mol. The molecule has 0 aliphatic heterocycles. The number of esters is 1. The van der Waals surface area contributed by atoms with E-state index in [4.69, 9.17) is 0 Å². The largest absolute Gasteiger partial charge is 0.464 e. The Morgan fingerprint density at radius 2 is 2.22 bits per heavy atom. The third kappa shape index (κ3) is 3.71. The molecule has 5 nitrogen and oxygen atoms in total. The average Bonchev–Trinajstić information content (AvgIpc) is 2.72. The summed E-state index contributed by atoms with van der Waals surface area (Å²) in [5.41, 5.74) is 0.0915. The molecule has 0 aliphatic carbocycles. The lowest BCUT2D eigenvalue weighted by atomic mass is 10.3. The zero-order chi connectivity index (χ0) is 13.7. The third-order valence-corrected chi connectivity index (χ3v) is 4.03. The highest BCUT2D eigenvalue weighted by Crippen LogP contribution is 2.25. The van der Waals surface area contributed by atoms with Gasteiger partial charge in [-0.2, -0.15) is 11.8 Å². The van der Waals surface area contributed by atoms with E-state index in [9.17, 15) is 9.59 Å². The van der Waals surface area contributed by atoms with Gasteiger partial charge in [0.15, 0.2) is 16.6 Å². The Bertz CT molecular complexity index is 445. The molecule has 0 aliphatic rings. The van der Waals surface area contributed by atoms with Crippen LogP contribution < -0.4 is 5.32 Å². The lowest BCUT2D eigenvalue weighted by Crippen LogP contribution is -2.17. The van der Waals surface area contributed by atoms with Crippen LogP contribution in [0.25, 0.3) is 0 Å². The summed E-state index contributed by atoms with van der Waals surface area (Å²) in [5, 5.41) is 3.74. The molecule has 0 fully saturated rings. The van der Waals surface area contributed by atoms with E-state index in [1.165, 1.54) is 25.4 Å². The summed E-state index contributed by atoms with van der Waals surface area (Å²) in [7, 11) is 1.27. The molecule has 1 unspecified atom stereocenters. The number of aromatic nitrogens is 1. The predicted octanol–water partition coefficient (Wildman–Crippen LogP) is 2.30. The normalized spacial score (nSPS) is 12.0. The SMILES string of the molecule is COC(=O)c1nc(NC(C)CSC)sc1C(C)=O. The topological polar surface area (TPSA) is 68.3 Å². The van der Waals surface area contributed by atoms with Crippen LogP contribution in [0.3, 0.4) is 0 Å². The molecule has 1 heterocycles. The Labute approximate surface area is 114 Å². The Kier molecular flexibility index (Phi) is 5.61. The first-order valence-corrected chi connectivity index (χ1v) is 7.56. The smallest absolute Gasteiger partial charge is 0.358 e. The van der Waals surface area contributed by atoms with Gasteiger partial charge in [0.25, 0.3) is 0 Å². The van der Waals surface area contributed by atoms with Gasteiger partial charge in [-0.05, 0) is 13.2 Å². The maximum Gasteiger partial charge on any atom is 0.358 e. The molecule has 1 N–H and O–H groups in total. The second-order valence-corrected chi connectivity index (χ2v) is 5.65. The van der Waals surface area contributed by atoms with Gasteiger partial charge >= 0.3 is 5.97 Å². The molecular formula is C11H16N2O3S2. The molecule has 100 valence electrons. The van der Waals surface area contributed by atoms with Crippen LogP contribution in [0, 0.1) is 0 Å². The standard InChI is InChI=1S/C11H16N2O3S2/c1-6(5-17-4)12-11-13-8(10(15)16-3)9(18-11)7(2)14/h6H,5H2,1-4H3,(H,12,13). The molecule has 1 rings (SSSR count). The van der Waals surface area contributed by atoms with Gasteiger partial charge in [0.05, 0.1) is 7.11 Å². The Morgan fingerprint density at radius 1 is 1.56 bits per heavy atom. The molecule has 0 radical (unpaired) electrons.